The summed E-state index contributed by atoms with van der Waals surface area (Å²) in [4.78, 5) is 22.2. The average Bonchev–Trinajstić information content (AvgIpc) is 3.08. The number of carbonyl (C=O) groups is 1. The lowest BCUT2D eigenvalue weighted by Crippen LogP contribution is -2.24. The van der Waals surface area contributed by atoms with Gasteiger partial charge in [0.1, 0.15) is 0 Å². The van der Waals surface area contributed by atoms with Gasteiger partial charge in [-0.1, -0.05) is 24.3 Å². The standard InChI is InChI=1S/C25H24F2N4O2/c1-25(2,33)19-9-8-15(18(11-29-3)23(19)28)16-7-6-14(21(26)22(16)27)12-31-13-20-17(24(31)32)5-4-10-30-20/h4-11,33H,12-13,28H2,1-3H3. The van der Waals surface area contributed by atoms with E-state index in [1.165, 1.54) is 23.2 Å². The van der Waals surface area contributed by atoms with Gasteiger partial charge in [-0.05, 0) is 31.5 Å². The maximum Gasteiger partial charge on any atom is 0.256 e. The van der Waals surface area contributed by atoms with Gasteiger partial charge in [-0.2, -0.15) is 0 Å². The number of anilines is 1. The van der Waals surface area contributed by atoms with E-state index >= 15 is 8.78 Å². The number of hydrogen-bond acceptors (Lipinski definition) is 5. The second-order valence-corrected chi connectivity index (χ2v) is 8.49. The predicted molar refractivity (Wildman–Crippen MR) is 123 cm³/mol. The molecule has 0 atom stereocenters. The zero-order chi connectivity index (χ0) is 23.9. The van der Waals surface area contributed by atoms with E-state index in [1.54, 1.807) is 51.4 Å². The smallest absolute Gasteiger partial charge is 0.256 e. The van der Waals surface area contributed by atoms with Gasteiger partial charge in [-0.15, -0.1) is 0 Å². The second-order valence-electron chi connectivity index (χ2n) is 8.49. The summed E-state index contributed by atoms with van der Waals surface area (Å²) in [5, 5.41) is 10.4. The number of nitrogen functional groups attached to an aromatic ring is 1. The highest BCUT2D eigenvalue weighted by molar-refractivity contribution is 5.98. The van der Waals surface area contributed by atoms with Gasteiger partial charge < -0.3 is 15.7 Å². The number of rotatable bonds is 5. The Morgan fingerprint density at radius 3 is 2.55 bits per heavy atom. The fourth-order valence-corrected chi connectivity index (χ4v) is 4.11. The van der Waals surface area contributed by atoms with Crippen molar-refractivity contribution in [1.29, 1.82) is 0 Å². The third kappa shape index (κ3) is 3.98. The molecule has 0 bridgehead atoms. The molecule has 0 saturated carbocycles. The van der Waals surface area contributed by atoms with E-state index in [4.69, 9.17) is 5.73 Å². The molecule has 3 aromatic rings. The Labute approximate surface area is 190 Å². The molecule has 2 aromatic carbocycles. The van der Waals surface area contributed by atoms with Gasteiger partial charge in [-0.25, -0.2) is 8.78 Å². The van der Waals surface area contributed by atoms with Gasteiger partial charge in [0.05, 0.1) is 23.4 Å². The number of carbonyl (C=O) groups excluding carboxylic acids is 1. The van der Waals surface area contributed by atoms with Crippen LogP contribution in [0.15, 0.2) is 47.6 Å². The third-order valence-corrected chi connectivity index (χ3v) is 5.77. The zero-order valence-corrected chi connectivity index (χ0v) is 18.6. The molecule has 6 nitrogen and oxygen atoms in total. The van der Waals surface area contributed by atoms with Crippen molar-refractivity contribution in [2.24, 2.45) is 4.99 Å². The summed E-state index contributed by atoms with van der Waals surface area (Å²) in [6.45, 7) is 3.34. The maximum atomic E-state index is 15.2. The Balaban J connectivity index is 1.72. The first-order valence-corrected chi connectivity index (χ1v) is 10.4. The molecule has 0 fully saturated rings. The van der Waals surface area contributed by atoms with E-state index in [2.05, 4.69) is 9.98 Å². The molecule has 3 N–H and O–H groups in total. The summed E-state index contributed by atoms with van der Waals surface area (Å²) >= 11 is 0. The van der Waals surface area contributed by atoms with Crippen molar-refractivity contribution in [2.45, 2.75) is 32.5 Å². The molecule has 4 rings (SSSR count). The van der Waals surface area contributed by atoms with E-state index < -0.39 is 17.2 Å². The van der Waals surface area contributed by atoms with Crippen molar-refractivity contribution in [3.05, 3.63) is 82.2 Å². The highest BCUT2D eigenvalue weighted by atomic mass is 19.2. The first-order chi connectivity index (χ1) is 15.6. The van der Waals surface area contributed by atoms with Crippen LogP contribution in [0.5, 0.6) is 0 Å². The third-order valence-electron chi connectivity index (χ3n) is 5.77. The zero-order valence-electron chi connectivity index (χ0n) is 18.6. The van der Waals surface area contributed by atoms with E-state index in [0.29, 0.717) is 27.9 Å². The maximum absolute atomic E-state index is 15.2. The van der Waals surface area contributed by atoms with Gasteiger partial charge in [0.2, 0.25) is 0 Å². The minimum atomic E-state index is -1.22. The molecule has 1 amide bonds. The van der Waals surface area contributed by atoms with Crippen molar-refractivity contribution < 1.29 is 18.7 Å². The summed E-state index contributed by atoms with van der Waals surface area (Å²) in [6, 6.07) is 9.45. The SMILES string of the molecule is CN=Cc1c(-c2ccc(CN3Cc4ncccc4C3=O)c(F)c2F)ccc(C(C)(C)O)c1N. The molecule has 1 aromatic heterocycles. The average molecular weight is 450 g/mol. The minimum Gasteiger partial charge on any atom is -0.398 e. The Bertz CT molecular complexity index is 1280. The van der Waals surface area contributed by atoms with Crippen LogP contribution in [0, 0.1) is 11.6 Å². The highest BCUT2D eigenvalue weighted by Gasteiger charge is 2.30. The minimum absolute atomic E-state index is 0.0119. The molecular formula is C25H24F2N4O2. The number of benzene rings is 2. The summed E-state index contributed by atoms with van der Waals surface area (Å²) in [7, 11) is 1.54. The molecule has 1 aliphatic heterocycles. The van der Waals surface area contributed by atoms with Crippen LogP contribution >= 0.6 is 0 Å². The second kappa shape index (κ2) is 8.37. The van der Waals surface area contributed by atoms with Gasteiger partial charge in [0, 0.05) is 53.9 Å². The van der Waals surface area contributed by atoms with E-state index in [9.17, 15) is 9.90 Å². The summed E-state index contributed by atoms with van der Waals surface area (Å²) in [6.07, 6.45) is 3.05. The number of aliphatic imine (C=N–C) groups is 1. The van der Waals surface area contributed by atoms with Gasteiger partial charge in [0.25, 0.3) is 5.91 Å². The molecular weight excluding hydrogens is 426 g/mol. The van der Waals surface area contributed by atoms with Crippen LogP contribution in [0.1, 0.15) is 46.6 Å². The highest BCUT2D eigenvalue weighted by Crippen LogP contribution is 2.36. The number of halogens is 2. The van der Waals surface area contributed by atoms with Crippen molar-refractivity contribution in [1.82, 2.24) is 9.88 Å². The Hall–Kier alpha value is -3.65. The monoisotopic (exact) mass is 450 g/mol. The summed E-state index contributed by atoms with van der Waals surface area (Å²) < 4.78 is 30.4. The van der Waals surface area contributed by atoms with Crippen molar-refractivity contribution in [3.8, 4) is 11.1 Å². The largest absolute Gasteiger partial charge is 0.398 e. The number of amides is 1. The first kappa shape index (κ1) is 22.5. The molecule has 0 spiro atoms. The molecule has 2 heterocycles. The van der Waals surface area contributed by atoms with Crippen LogP contribution in [0.2, 0.25) is 0 Å². The van der Waals surface area contributed by atoms with Crippen LogP contribution in [0.25, 0.3) is 11.1 Å². The first-order valence-electron chi connectivity index (χ1n) is 10.4. The number of aromatic nitrogens is 1. The predicted octanol–water partition coefficient (Wildman–Crippen LogP) is 4.04. The van der Waals surface area contributed by atoms with E-state index in [1.807, 2.05) is 0 Å². The fourth-order valence-electron chi connectivity index (χ4n) is 4.11. The normalized spacial score (nSPS) is 13.8. The molecule has 0 saturated heterocycles. The van der Waals surface area contributed by atoms with Crippen LogP contribution < -0.4 is 5.73 Å². The Kier molecular flexibility index (Phi) is 5.71. The van der Waals surface area contributed by atoms with Gasteiger partial charge in [0.15, 0.2) is 11.6 Å². The van der Waals surface area contributed by atoms with E-state index in [-0.39, 0.29) is 35.8 Å². The van der Waals surface area contributed by atoms with Gasteiger partial charge >= 0.3 is 0 Å². The summed E-state index contributed by atoms with van der Waals surface area (Å²) in [5.74, 6) is -2.34. The van der Waals surface area contributed by atoms with Crippen molar-refractivity contribution in [3.63, 3.8) is 0 Å². The molecule has 33 heavy (non-hydrogen) atoms. The number of fused-ring (bicyclic) bond motifs is 1. The van der Waals surface area contributed by atoms with Crippen LogP contribution in [0.3, 0.4) is 0 Å². The van der Waals surface area contributed by atoms with Crippen LogP contribution in [-0.4, -0.2) is 34.2 Å². The fraction of sp³-hybridized carbons (Fsp3) is 0.240. The topological polar surface area (TPSA) is 91.8 Å². The number of aliphatic hydroxyl groups is 1. The number of nitrogens with zero attached hydrogens (tertiary/aromatic N) is 3. The molecule has 8 heteroatoms. The number of hydrogen-bond donors (Lipinski definition) is 2. The van der Waals surface area contributed by atoms with Crippen molar-refractivity contribution >= 4 is 17.8 Å². The van der Waals surface area contributed by atoms with Crippen molar-refractivity contribution in [2.75, 3.05) is 12.8 Å². The van der Waals surface area contributed by atoms with Gasteiger partial charge in [-0.3, -0.25) is 14.8 Å². The van der Waals surface area contributed by atoms with E-state index in [0.717, 1.165) is 0 Å². The Morgan fingerprint density at radius 2 is 1.88 bits per heavy atom. The molecule has 170 valence electrons. The molecule has 0 radical (unpaired) electrons. The van der Waals surface area contributed by atoms with Crippen LogP contribution in [-0.2, 0) is 18.7 Å². The Morgan fingerprint density at radius 1 is 1.15 bits per heavy atom. The van der Waals surface area contributed by atoms with Crippen LogP contribution in [0.4, 0.5) is 14.5 Å². The lowest BCUT2D eigenvalue weighted by atomic mass is 9.89. The lowest BCUT2D eigenvalue weighted by Gasteiger charge is -2.23. The number of nitrogens with two attached hydrogens (primary N) is 1. The lowest BCUT2D eigenvalue weighted by molar-refractivity contribution is 0.0763. The summed E-state index contributed by atoms with van der Waals surface area (Å²) in [5.41, 5.74) is 7.63. The molecule has 0 aliphatic carbocycles. The molecule has 1 aliphatic rings. The number of pyridine rings is 1. The quantitative estimate of drug-likeness (QED) is 0.453. The molecule has 0 unspecified atom stereocenters.